The van der Waals surface area contributed by atoms with Crippen molar-refractivity contribution in [3.63, 3.8) is 0 Å². The zero-order chi connectivity index (χ0) is 20.2. The van der Waals surface area contributed by atoms with Crippen LogP contribution < -0.4 is 0 Å². The zero-order valence-electron chi connectivity index (χ0n) is 17.2. The van der Waals surface area contributed by atoms with E-state index in [1.165, 1.54) is 16.7 Å². The minimum absolute atomic E-state index is 0.419. The second kappa shape index (κ2) is 8.62. The average Bonchev–Trinajstić information content (AvgIpc) is 2.69. The van der Waals surface area contributed by atoms with Gasteiger partial charge in [0.25, 0.3) is 0 Å². The predicted molar refractivity (Wildman–Crippen MR) is 117 cm³/mol. The van der Waals surface area contributed by atoms with E-state index in [0.29, 0.717) is 11.3 Å². The summed E-state index contributed by atoms with van der Waals surface area (Å²) in [6.07, 6.45) is 4.93. The third-order valence-electron chi connectivity index (χ3n) is 5.76. The van der Waals surface area contributed by atoms with E-state index in [1.807, 2.05) is 19.9 Å². The molecule has 0 aliphatic carbocycles. The smallest absolute Gasteiger partial charge is 0.183 e. The van der Waals surface area contributed by atoms with Crippen molar-refractivity contribution in [1.82, 2.24) is 4.90 Å². The van der Waals surface area contributed by atoms with Gasteiger partial charge in [-0.15, -0.1) is 0 Å². The standard InChI is InChI=1S/C24H31NO2S/c1-20-11-7-8-15-23(20)21-12-9-17-25(19-21)18-10-16-24(2,3)28(26,27)22-13-5-4-6-14-22/h4-8,11-15H,9-10,16-19H2,1-3H3. The fourth-order valence-electron chi connectivity index (χ4n) is 3.91. The summed E-state index contributed by atoms with van der Waals surface area (Å²) in [6.45, 7) is 8.77. The Bertz CT molecular complexity index is 930. The van der Waals surface area contributed by atoms with Gasteiger partial charge in [-0.25, -0.2) is 8.42 Å². The van der Waals surface area contributed by atoms with E-state index >= 15 is 0 Å². The number of rotatable bonds is 7. The highest BCUT2D eigenvalue weighted by Gasteiger charge is 2.35. The molecule has 0 N–H and O–H groups in total. The van der Waals surface area contributed by atoms with E-state index in [1.54, 1.807) is 24.3 Å². The molecule has 0 radical (unpaired) electrons. The molecule has 2 aromatic rings. The fourth-order valence-corrected chi connectivity index (χ4v) is 5.47. The van der Waals surface area contributed by atoms with Crippen molar-refractivity contribution < 1.29 is 8.42 Å². The lowest BCUT2D eigenvalue weighted by Crippen LogP contribution is -2.35. The van der Waals surface area contributed by atoms with Crippen molar-refractivity contribution >= 4 is 15.4 Å². The largest absolute Gasteiger partial charge is 0.299 e. The Morgan fingerprint density at radius 2 is 1.68 bits per heavy atom. The molecular weight excluding hydrogens is 366 g/mol. The Hall–Kier alpha value is -1.91. The highest BCUT2D eigenvalue weighted by atomic mass is 32.2. The first-order valence-corrected chi connectivity index (χ1v) is 11.6. The summed E-state index contributed by atoms with van der Waals surface area (Å²) < 4.78 is 25.2. The maximum atomic E-state index is 13.0. The monoisotopic (exact) mass is 397 g/mol. The molecule has 1 heterocycles. The first-order chi connectivity index (χ1) is 13.3. The van der Waals surface area contributed by atoms with Crippen LogP contribution in [0, 0.1) is 6.92 Å². The van der Waals surface area contributed by atoms with Gasteiger partial charge in [-0.05, 0) is 75.4 Å². The van der Waals surface area contributed by atoms with Crippen LogP contribution in [0.15, 0.2) is 65.6 Å². The van der Waals surface area contributed by atoms with Gasteiger partial charge in [0.15, 0.2) is 9.84 Å². The lowest BCUT2D eigenvalue weighted by Gasteiger charge is -2.30. The van der Waals surface area contributed by atoms with Gasteiger partial charge in [-0.2, -0.15) is 0 Å². The highest BCUT2D eigenvalue weighted by molar-refractivity contribution is 7.92. The molecule has 4 heteroatoms. The number of benzene rings is 2. The molecule has 0 spiro atoms. The minimum atomic E-state index is -3.33. The van der Waals surface area contributed by atoms with Gasteiger partial charge in [-0.3, -0.25) is 4.90 Å². The average molecular weight is 398 g/mol. The van der Waals surface area contributed by atoms with E-state index in [9.17, 15) is 8.42 Å². The molecular formula is C24H31NO2S. The van der Waals surface area contributed by atoms with Crippen molar-refractivity contribution in [2.75, 3.05) is 19.6 Å². The van der Waals surface area contributed by atoms with E-state index in [-0.39, 0.29) is 0 Å². The summed E-state index contributed by atoms with van der Waals surface area (Å²) in [5.74, 6) is 0. The molecule has 0 saturated heterocycles. The number of hydrogen-bond donors (Lipinski definition) is 0. The summed E-state index contributed by atoms with van der Waals surface area (Å²) in [5, 5.41) is 0. The summed E-state index contributed by atoms with van der Waals surface area (Å²) in [7, 11) is -3.33. The molecule has 3 rings (SSSR count). The van der Waals surface area contributed by atoms with Crippen LogP contribution in [0.4, 0.5) is 0 Å². The van der Waals surface area contributed by atoms with Crippen LogP contribution in [0.3, 0.4) is 0 Å². The molecule has 0 unspecified atom stereocenters. The third kappa shape index (κ3) is 4.56. The summed E-state index contributed by atoms with van der Waals surface area (Å²) >= 11 is 0. The molecule has 28 heavy (non-hydrogen) atoms. The van der Waals surface area contributed by atoms with Crippen molar-refractivity contribution in [1.29, 1.82) is 0 Å². The van der Waals surface area contributed by atoms with Crippen LogP contribution in [0.2, 0.25) is 0 Å². The predicted octanol–water partition coefficient (Wildman–Crippen LogP) is 5.12. The van der Waals surface area contributed by atoms with Crippen LogP contribution in [-0.2, 0) is 9.84 Å². The molecule has 0 amide bonds. The Balaban J connectivity index is 1.59. The molecule has 0 bridgehead atoms. The third-order valence-corrected chi connectivity index (χ3v) is 8.31. The Labute approximate surface area is 170 Å². The van der Waals surface area contributed by atoms with Crippen molar-refractivity contribution in [2.24, 2.45) is 0 Å². The van der Waals surface area contributed by atoms with Gasteiger partial charge in [0.05, 0.1) is 9.64 Å². The maximum absolute atomic E-state index is 13.0. The van der Waals surface area contributed by atoms with E-state index in [2.05, 4.69) is 42.2 Å². The molecule has 0 atom stereocenters. The first kappa shape index (κ1) is 20.8. The van der Waals surface area contributed by atoms with Crippen LogP contribution in [0.5, 0.6) is 0 Å². The van der Waals surface area contributed by atoms with Gasteiger partial charge in [0.1, 0.15) is 0 Å². The maximum Gasteiger partial charge on any atom is 0.183 e. The second-order valence-electron chi connectivity index (χ2n) is 8.29. The van der Waals surface area contributed by atoms with Crippen molar-refractivity contribution in [3.8, 4) is 0 Å². The van der Waals surface area contributed by atoms with E-state index in [0.717, 1.165) is 32.5 Å². The van der Waals surface area contributed by atoms with Gasteiger partial charge in [0.2, 0.25) is 0 Å². The molecule has 1 aliphatic heterocycles. The van der Waals surface area contributed by atoms with Crippen LogP contribution in [0.25, 0.3) is 5.57 Å². The van der Waals surface area contributed by atoms with Gasteiger partial charge in [0, 0.05) is 13.1 Å². The van der Waals surface area contributed by atoms with Crippen LogP contribution in [0.1, 0.15) is 44.2 Å². The number of nitrogens with zero attached hydrogens (tertiary/aromatic N) is 1. The normalized spacial score (nSPS) is 16.0. The molecule has 150 valence electrons. The Morgan fingerprint density at radius 3 is 2.39 bits per heavy atom. The topological polar surface area (TPSA) is 37.4 Å². The van der Waals surface area contributed by atoms with Crippen molar-refractivity contribution in [2.45, 2.75) is 49.7 Å². The van der Waals surface area contributed by atoms with E-state index in [4.69, 9.17) is 0 Å². The Kier molecular flexibility index (Phi) is 6.41. The number of hydrogen-bond acceptors (Lipinski definition) is 3. The fraction of sp³-hybridized carbons (Fsp3) is 0.417. The molecule has 0 aromatic heterocycles. The number of sulfone groups is 1. The SMILES string of the molecule is Cc1ccccc1C1=CCCN(CCCC(C)(C)S(=O)(=O)c2ccccc2)C1. The molecule has 1 aliphatic rings. The lowest BCUT2D eigenvalue weighted by atomic mass is 9.97. The quantitative estimate of drug-likeness (QED) is 0.651. The molecule has 0 fully saturated rings. The minimum Gasteiger partial charge on any atom is -0.299 e. The zero-order valence-corrected chi connectivity index (χ0v) is 18.0. The second-order valence-corrected chi connectivity index (χ2v) is 10.9. The van der Waals surface area contributed by atoms with Gasteiger partial charge < -0.3 is 0 Å². The van der Waals surface area contributed by atoms with Crippen LogP contribution in [-0.4, -0.2) is 37.7 Å². The highest BCUT2D eigenvalue weighted by Crippen LogP contribution is 2.30. The molecule has 0 saturated carbocycles. The molecule has 2 aromatic carbocycles. The summed E-state index contributed by atoms with van der Waals surface area (Å²) in [5.41, 5.74) is 4.03. The lowest BCUT2D eigenvalue weighted by molar-refractivity contribution is 0.292. The van der Waals surface area contributed by atoms with E-state index < -0.39 is 14.6 Å². The summed E-state index contributed by atoms with van der Waals surface area (Å²) in [4.78, 5) is 2.87. The van der Waals surface area contributed by atoms with Crippen molar-refractivity contribution in [3.05, 3.63) is 71.8 Å². The van der Waals surface area contributed by atoms with Gasteiger partial charge in [-0.1, -0.05) is 48.5 Å². The summed E-state index contributed by atoms with van der Waals surface area (Å²) in [6, 6.07) is 17.3. The Morgan fingerprint density at radius 1 is 1.00 bits per heavy atom. The number of aryl methyl sites for hydroxylation is 1. The van der Waals surface area contributed by atoms with Gasteiger partial charge >= 0.3 is 0 Å². The first-order valence-electron chi connectivity index (χ1n) is 10.1. The molecule has 3 nitrogen and oxygen atoms in total. The van der Waals surface area contributed by atoms with Crippen LogP contribution >= 0.6 is 0 Å².